The molecule has 1 heterocycles. The number of rotatable bonds is 9. The van der Waals surface area contributed by atoms with E-state index in [1.54, 1.807) is 12.7 Å². The van der Waals surface area contributed by atoms with Crippen molar-refractivity contribution in [1.29, 1.82) is 0 Å². The highest BCUT2D eigenvalue weighted by Crippen LogP contribution is 2.07. The highest BCUT2D eigenvalue weighted by molar-refractivity contribution is 14.0. The highest BCUT2D eigenvalue weighted by atomic mass is 127. The van der Waals surface area contributed by atoms with Gasteiger partial charge in [-0.2, -0.15) is 5.10 Å². The molecule has 0 amide bonds. The molecule has 0 aliphatic heterocycles. The first kappa shape index (κ1) is 22.4. The smallest absolute Gasteiger partial charge is 0.191 e. The van der Waals surface area contributed by atoms with Crippen LogP contribution in [0, 0.1) is 5.92 Å². The quantitative estimate of drug-likeness (QED) is 0.255. The van der Waals surface area contributed by atoms with Gasteiger partial charge in [0.05, 0.1) is 6.54 Å². The van der Waals surface area contributed by atoms with Gasteiger partial charge in [0.15, 0.2) is 5.96 Å². The topological polar surface area (TPSA) is 67.1 Å². The van der Waals surface area contributed by atoms with E-state index < -0.39 is 0 Å². The standard InChI is InChI=1S/C19H30N6.HI/c1-16(2)7-4-5-10-22-19(20-3)23-12-17-8-6-9-18(11-17)13-25-15-21-14-24-25;/h6,8-9,11,14-16H,4-5,7,10,12-13H2,1-3H3,(H2,20,22,23);1H. The minimum atomic E-state index is 0. The number of nitrogens with one attached hydrogen (secondary N) is 2. The number of aromatic nitrogens is 3. The first-order valence-corrected chi connectivity index (χ1v) is 9.02. The van der Waals surface area contributed by atoms with Crippen molar-refractivity contribution in [2.45, 2.75) is 46.2 Å². The van der Waals surface area contributed by atoms with Crippen LogP contribution in [0.3, 0.4) is 0 Å². The van der Waals surface area contributed by atoms with E-state index in [1.165, 1.54) is 30.4 Å². The molecule has 0 atom stereocenters. The van der Waals surface area contributed by atoms with Crippen LogP contribution in [-0.2, 0) is 13.1 Å². The van der Waals surface area contributed by atoms with E-state index in [0.29, 0.717) is 0 Å². The van der Waals surface area contributed by atoms with Crippen LogP contribution in [0.15, 0.2) is 41.9 Å². The summed E-state index contributed by atoms with van der Waals surface area (Å²) in [6.45, 7) is 6.97. The van der Waals surface area contributed by atoms with Crippen LogP contribution in [0.2, 0.25) is 0 Å². The fourth-order valence-corrected chi connectivity index (χ4v) is 2.63. The Bertz CT molecular complexity index is 639. The molecule has 1 aromatic carbocycles. The maximum absolute atomic E-state index is 4.29. The Hall–Kier alpha value is -1.64. The molecule has 0 bridgehead atoms. The number of nitrogens with zero attached hydrogens (tertiary/aromatic N) is 4. The first-order valence-electron chi connectivity index (χ1n) is 9.02. The van der Waals surface area contributed by atoms with E-state index in [9.17, 15) is 0 Å². The second-order valence-electron chi connectivity index (χ2n) is 6.66. The lowest BCUT2D eigenvalue weighted by Gasteiger charge is -2.13. The van der Waals surface area contributed by atoms with E-state index in [1.807, 2.05) is 11.7 Å². The number of unbranched alkanes of at least 4 members (excludes halogenated alkanes) is 1. The Morgan fingerprint density at radius 2 is 2.00 bits per heavy atom. The minimum Gasteiger partial charge on any atom is -0.356 e. The van der Waals surface area contributed by atoms with Crippen molar-refractivity contribution < 1.29 is 0 Å². The number of guanidine groups is 1. The van der Waals surface area contributed by atoms with Crippen molar-refractivity contribution in [3.05, 3.63) is 48.0 Å². The molecule has 26 heavy (non-hydrogen) atoms. The molecule has 2 rings (SSSR count). The predicted octanol–water partition coefficient (Wildman–Crippen LogP) is 3.44. The summed E-state index contributed by atoms with van der Waals surface area (Å²) in [5.74, 6) is 1.63. The van der Waals surface area contributed by atoms with Crippen molar-refractivity contribution in [2.24, 2.45) is 10.9 Å². The van der Waals surface area contributed by atoms with Gasteiger partial charge >= 0.3 is 0 Å². The van der Waals surface area contributed by atoms with Gasteiger partial charge < -0.3 is 10.6 Å². The van der Waals surface area contributed by atoms with Crippen molar-refractivity contribution >= 4 is 29.9 Å². The zero-order valence-electron chi connectivity index (χ0n) is 16.0. The van der Waals surface area contributed by atoms with Gasteiger partial charge in [0, 0.05) is 20.1 Å². The fraction of sp³-hybridized carbons (Fsp3) is 0.526. The second-order valence-corrected chi connectivity index (χ2v) is 6.66. The Morgan fingerprint density at radius 3 is 2.69 bits per heavy atom. The van der Waals surface area contributed by atoms with E-state index in [2.05, 4.69) is 63.8 Å². The maximum Gasteiger partial charge on any atom is 0.191 e. The molecule has 7 heteroatoms. The molecule has 0 radical (unpaired) electrons. The van der Waals surface area contributed by atoms with Gasteiger partial charge in [0.2, 0.25) is 0 Å². The summed E-state index contributed by atoms with van der Waals surface area (Å²) in [4.78, 5) is 8.27. The lowest BCUT2D eigenvalue weighted by molar-refractivity contribution is 0.534. The number of halogens is 1. The molecule has 0 aliphatic carbocycles. The van der Waals surface area contributed by atoms with Gasteiger partial charge in [0.25, 0.3) is 0 Å². The van der Waals surface area contributed by atoms with Crippen LogP contribution in [0.25, 0.3) is 0 Å². The number of hydrogen-bond acceptors (Lipinski definition) is 3. The molecule has 0 saturated heterocycles. The average Bonchev–Trinajstić information content (AvgIpc) is 3.10. The summed E-state index contributed by atoms with van der Waals surface area (Å²) >= 11 is 0. The zero-order valence-corrected chi connectivity index (χ0v) is 18.3. The number of aliphatic imine (C=N–C) groups is 1. The lowest BCUT2D eigenvalue weighted by atomic mass is 10.1. The van der Waals surface area contributed by atoms with Crippen molar-refractivity contribution in [1.82, 2.24) is 25.4 Å². The first-order chi connectivity index (χ1) is 12.2. The Balaban J connectivity index is 0.00000338. The van der Waals surface area contributed by atoms with Gasteiger partial charge in [0.1, 0.15) is 12.7 Å². The molecule has 0 spiro atoms. The molecule has 0 aliphatic rings. The molecule has 0 unspecified atom stereocenters. The lowest BCUT2D eigenvalue weighted by Crippen LogP contribution is -2.37. The molecule has 0 fully saturated rings. The van der Waals surface area contributed by atoms with E-state index in [0.717, 1.165) is 31.5 Å². The van der Waals surface area contributed by atoms with Crippen LogP contribution in [-0.4, -0.2) is 34.3 Å². The Morgan fingerprint density at radius 1 is 1.19 bits per heavy atom. The number of benzene rings is 1. The summed E-state index contributed by atoms with van der Waals surface area (Å²) in [6.07, 6.45) is 7.00. The number of hydrogen-bond donors (Lipinski definition) is 2. The SMILES string of the molecule is CN=C(NCCCCC(C)C)NCc1cccc(Cn2cncn2)c1.I. The van der Waals surface area contributed by atoms with E-state index in [4.69, 9.17) is 0 Å². The molecule has 6 nitrogen and oxygen atoms in total. The summed E-state index contributed by atoms with van der Waals surface area (Å²) in [7, 11) is 1.81. The molecule has 2 aromatic rings. The Kier molecular flexibility index (Phi) is 10.9. The predicted molar refractivity (Wildman–Crippen MR) is 118 cm³/mol. The summed E-state index contributed by atoms with van der Waals surface area (Å²) < 4.78 is 1.82. The third kappa shape index (κ3) is 8.64. The molecular weight excluding hydrogens is 439 g/mol. The molecule has 144 valence electrons. The van der Waals surface area contributed by atoms with Crippen LogP contribution in [0.4, 0.5) is 0 Å². The van der Waals surface area contributed by atoms with Gasteiger partial charge in [-0.25, -0.2) is 9.67 Å². The zero-order chi connectivity index (χ0) is 17.9. The third-order valence-electron chi connectivity index (χ3n) is 3.99. The van der Waals surface area contributed by atoms with Crippen LogP contribution in [0.5, 0.6) is 0 Å². The summed E-state index contributed by atoms with van der Waals surface area (Å²) in [6, 6.07) is 8.48. The fourth-order valence-electron chi connectivity index (χ4n) is 2.63. The minimum absolute atomic E-state index is 0. The van der Waals surface area contributed by atoms with Crippen LogP contribution in [0.1, 0.15) is 44.2 Å². The third-order valence-corrected chi connectivity index (χ3v) is 3.99. The van der Waals surface area contributed by atoms with Gasteiger partial charge in [-0.3, -0.25) is 4.99 Å². The molecule has 2 N–H and O–H groups in total. The van der Waals surface area contributed by atoms with Gasteiger partial charge in [-0.15, -0.1) is 24.0 Å². The highest BCUT2D eigenvalue weighted by Gasteiger charge is 2.01. The van der Waals surface area contributed by atoms with Crippen molar-refractivity contribution in [3.8, 4) is 0 Å². The summed E-state index contributed by atoms with van der Waals surface area (Å²) in [5.41, 5.74) is 2.43. The van der Waals surface area contributed by atoms with Crippen molar-refractivity contribution in [2.75, 3.05) is 13.6 Å². The molecular formula is C19H31IN6. The average molecular weight is 470 g/mol. The van der Waals surface area contributed by atoms with Crippen LogP contribution < -0.4 is 10.6 Å². The second kappa shape index (κ2) is 12.7. The van der Waals surface area contributed by atoms with E-state index in [-0.39, 0.29) is 24.0 Å². The Labute approximate surface area is 173 Å². The van der Waals surface area contributed by atoms with Gasteiger partial charge in [-0.1, -0.05) is 51.0 Å². The normalized spacial score (nSPS) is 11.3. The monoisotopic (exact) mass is 470 g/mol. The largest absolute Gasteiger partial charge is 0.356 e. The maximum atomic E-state index is 4.29. The molecule has 0 saturated carbocycles. The van der Waals surface area contributed by atoms with Gasteiger partial charge in [-0.05, 0) is 23.5 Å². The van der Waals surface area contributed by atoms with E-state index >= 15 is 0 Å². The summed E-state index contributed by atoms with van der Waals surface area (Å²) in [5, 5.41) is 10.9. The molecule has 1 aromatic heterocycles. The van der Waals surface area contributed by atoms with Crippen molar-refractivity contribution in [3.63, 3.8) is 0 Å². The van der Waals surface area contributed by atoms with Crippen LogP contribution >= 0.6 is 24.0 Å².